The lowest BCUT2D eigenvalue weighted by Crippen LogP contribution is -2.31. The molecular weight excluding hydrogens is 278 g/mol. The number of rotatable bonds is 5. The number of aromatic amines is 1. The minimum Gasteiger partial charge on any atom is -0.338 e. The monoisotopic (exact) mass is 299 g/mol. The summed E-state index contributed by atoms with van der Waals surface area (Å²) in [4.78, 5) is 11.9. The minimum atomic E-state index is -0.201. The van der Waals surface area contributed by atoms with Gasteiger partial charge in [0.2, 0.25) is 0 Å². The summed E-state index contributed by atoms with van der Waals surface area (Å²) in [5, 5.41) is 16.1. The number of H-pyrrole nitrogens is 1. The SMILES string of the molecule is O=C(NCCCc1ccccc1)Nc1n[nH]c2c1CNCC2. The highest BCUT2D eigenvalue weighted by atomic mass is 16.2. The number of carbonyl (C=O) groups is 1. The lowest BCUT2D eigenvalue weighted by molar-refractivity contribution is 0.252. The number of aryl methyl sites for hydroxylation is 1. The van der Waals surface area contributed by atoms with E-state index in [0.717, 1.165) is 43.6 Å². The van der Waals surface area contributed by atoms with Crippen LogP contribution in [0.1, 0.15) is 23.2 Å². The first kappa shape index (κ1) is 14.6. The van der Waals surface area contributed by atoms with Gasteiger partial charge in [0.15, 0.2) is 5.82 Å². The van der Waals surface area contributed by atoms with Crippen molar-refractivity contribution in [1.29, 1.82) is 0 Å². The van der Waals surface area contributed by atoms with Gasteiger partial charge in [0.1, 0.15) is 0 Å². The van der Waals surface area contributed by atoms with Crippen LogP contribution in [0.2, 0.25) is 0 Å². The molecular formula is C16H21N5O. The second-order valence-electron chi connectivity index (χ2n) is 5.43. The highest BCUT2D eigenvalue weighted by Gasteiger charge is 2.17. The molecule has 0 atom stereocenters. The Morgan fingerprint density at radius 1 is 1.27 bits per heavy atom. The largest absolute Gasteiger partial charge is 0.338 e. The van der Waals surface area contributed by atoms with Gasteiger partial charge in [-0.05, 0) is 18.4 Å². The molecule has 1 aromatic heterocycles. The van der Waals surface area contributed by atoms with Crippen molar-refractivity contribution in [2.24, 2.45) is 0 Å². The van der Waals surface area contributed by atoms with Crippen molar-refractivity contribution in [3.8, 4) is 0 Å². The summed E-state index contributed by atoms with van der Waals surface area (Å²) in [6.07, 6.45) is 2.79. The van der Waals surface area contributed by atoms with E-state index in [4.69, 9.17) is 0 Å². The molecule has 4 N–H and O–H groups in total. The predicted octanol–water partition coefficient (Wildman–Crippen LogP) is 1.81. The van der Waals surface area contributed by atoms with E-state index in [1.807, 2.05) is 18.2 Å². The van der Waals surface area contributed by atoms with E-state index in [0.29, 0.717) is 12.4 Å². The molecule has 0 spiro atoms. The molecule has 0 radical (unpaired) electrons. The van der Waals surface area contributed by atoms with Gasteiger partial charge in [-0.15, -0.1) is 0 Å². The molecule has 2 heterocycles. The average Bonchev–Trinajstić information content (AvgIpc) is 2.96. The molecule has 0 bridgehead atoms. The third-order valence-corrected chi connectivity index (χ3v) is 3.81. The smallest absolute Gasteiger partial charge is 0.320 e. The number of carbonyl (C=O) groups excluding carboxylic acids is 1. The summed E-state index contributed by atoms with van der Waals surface area (Å²) < 4.78 is 0. The van der Waals surface area contributed by atoms with E-state index in [1.165, 1.54) is 5.56 Å². The standard InChI is InChI=1S/C16H21N5O/c22-16(18-9-4-7-12-5-2-1-3-6-12)19-15-13-11-17-10-8-14(13)20-21-15/h1-3,5-6,17H,4,7-11H2,(H3,18,19,20,21,22). The van der Waals surface area contributed by atoms with Gasteiger partial charge >= 0.3 is 6.03 Å². The van der Waals surface area contributed by atoms with Crippen LogP contribution in [-0.4, -0.2) is 29.3 Å². The minimum absolute atomic E-state index is 0.201. The van der Waals surface area contributed by atoms with Gasteiger partial charge in [-0.25, -0.2) is 4.79 Å². The van der Waals surface area contributed by atoms with Crippen LogP contribution in [0.15, 0.2) is 30.3 Å². The molecule has 0 saturated heterocycles. The molecule has 0 aliphatic carbocycles. The number of nitrogens with zero attached hydrogens (tertiary/aromatic N) is 1. The second kappa shape index (κ2) is 7.09. The highest BCUT2D eigenvalue weighted by Crippen LogP contribution is 2.19. The lowest BCUT2D eigenvalue weighted by Gasteiger charge is -2.13. The van der Waals surface area contributed by atoms with Crippen LogP contribution in [-0.2, 0) is 19.4 Å². The molecule has 0 unspecified atom stereocenters. The van der Waals surface area contributed by atoms with Gasteiger partial charge in [0.25, 0.3) is 0 Å². The predicted molar refractivity (Wildman–Crippen MR) is 85.8 cm³/mol. The summed E-state index contributed by atoms with van der Waals surface area (Å²) in [7, 11) is 0. The van der Waals surface area contributed by atoms with Crippen molar-refractivity contribution in [3.63, 3.8) is 0 Å². The van der Waals surface area contributed by atoms with E-state index < -0.39 is 0 Å². The Kier molecular flexibility index (Phi) is 4.70. The Morgan fingerprint density at radius 2 is 2.14 bits per heavy atom. The van der Waals surface area contributed by atoms with Gasteiger partial charge in [0, 0.05) is 37.3 Å². The molecule has 0 saturated carbocycles. The zero-order chi connectivity index (χ0) is 15.2. The zero-order valence-electron chi connectivity index (χ0n) is 12.5. The van der Waals surface area contributed by atoms with Gasteiger partial charge < -0.3 is 10.6 Å². The fourth-order valence-corrected chi connectivity index (χ4v) is 2.62. The van der Waals surface area contributed by atoms with Crippen LogP contribution < -0.4 is 16.0 Å². The van der Waals surface area contributed by atoms with Gasteiger partial charge in [-0.3, -0.25) is 10.4 Å². The van der Waals surface area contributed by atoms with Crippen LogP contribution in [0.3, 0.4) is 0 Å². The first-order chi connectivity index (χ1) is 10.8. The molecule has 1 aliphatic heterocycles. The summed E-state index contributed by atoms with van der Waals surface area (Å²) in [6, 6.07) is 10.1. The Balaban J connectivity index is 1.42. The van der Waals surface area contributed by atoms with Crippen LogP contribution in [0.25, 0.3) is 0 Å². The quantitative estimate of drug-likeness (QED) is 0.636. The highest BCUT2D eigenvalue weighted by molar-refractivity contribution is 5.89. The number of hydrogen-bond acceptors (Lipinski definition) is 3. The van der Waals surface area contributed by atoms with E-state index in [-0.39, 0.29) is 6.03 Å². The summed E-state index contributed by atoms with van der Waals surface area (Å²) in [5.41, 5.74) is 3.46. The molecule has 0 fully saturated rings. The number of aromatic nitrogens is 2. The molecule has 2 amide bonds. The number of fused-ring (bicyclic) bond motifs is 1. The molecule has 22 heavy (non-hydrogen) atoms. The van der Waals surface area contributed by atoms with Crippen LogP contribution in [0.4, 0.5) is 10.6 Å². The summed E-state index contributed by atoms with van der Waals surface area (Å²) >= 11 is 0. The van der Waals surface area contributed by atoms with Crippen molar-refractivity contribution < 1.29 is 4.79 Å². The molecule has 1 aromatic carbocycles. The van der Waals surface area contributed by atoms with Crippen molar-refractivity contribution >= 4 is 11.8 Å². The van der Waals surface area contributed by atoms with Crippen molar-refractivity contribution in [1.82, 2.24) is 20.8 Å². The third kappa shape index (κ3) is 3.65. The van der Waals surface area contributed by atoms with Crippen LogP contribution in [0, 0.1) is 0 Å². The number of nitrogens with one attached hydrogen (secondary N) is 4. The first-order valence-corrected chi connectivity index (χ1v) is 7.68. The van der Waals surface area contributed by atoms with E-state index in [9.17, 15) is 4.79 Å². The molecule has 6 nitrogen and oxygen atoms in total. The van der Waals surface area contributed by atoms with Gasteiger partial charge in [-0.1, -0.05) is 30.3 Å². The van der Waals surface area contributed by atoms with E-state index in [1.54, 1.807) is 0 Å². The maximum absolute atomic E-state index is 11.9. The number of anilines is 1. The Hall–Kier alpha value is -2.34. The number of amides is 2. The fraction of sp³-hybridized carbons (Fsp3) is 0.375. The maximum atomic E-state index is 11.9. The molecule has 2 aromatic rings. The van der Waals surface area contributed by atoms with Crippen LogP contribution >= 0.6 is 0 Å². The molecule has 3 rings (SSSR count). The van der Waals surface area contributed by atoms with Crippen LogP contribution in [0.5, 0.6) is 0 Å². The van der Waals surface area contributed by atoms with Crippen molar-refractivity contribution in [3.05, 3.63) is 47.2 Å². The summed E-state index contributed by atoms with van der Waals surface area (Å²) in [5.74, 6) is 0.628. The number of urea groups is 1. The maximum Gasteiger partial charge on any atom is 0.320 e. The Morgan fingerprint density at radius 3 is 3.00 bits per heavy atom. The molecule has 116 valence electrons. The number of hydrogen-bond donors (Lipinski definition) is 4. The van der Waals surface area contributed by atoms with Crippen molar-refractivity contribution in [2.75, 3.05) is 18.4 Å². The normalized spacial score (nSPS) is 13.5. The molecule has 6 heteroatoms. The van der Waals surface area contributed by atoms with Gasteiger partial charge in [0.05, 0.1) is 0 Å². The summed E-state index contributed by atoms with van der Waals surface area (Å²) in [6.45, 7) is 2.33. The lowest BCUT2D eigenvalue weighted by atomic mass is 10.1. The number of benzene rings is 1. The third-order valence-electron chi connectivity index (χ3n) is 3.81. The average molecular weight is 299 g/mol. The van der Waals surface area contributed by atoms with E-state index in [2.05, 4.69) is 38.3 Å². The Labute approximate surface area is 129 Å². The topological polar surface area (TPSA) is 81.8 Å². The van der Waals surface area contributed by atoms with E-state index >= 15 is 0 Å². The first-order valence-electron chi connectivity index (χ1n) is 7.68. The van der Waals surface area contributed by atoms with Gasteiger partial charge in [-0.2, -0.15) is 5.10 Å². The van der Waals surface area contributed by atoms with Crippen molar-refractivity contribution in [2.45, 2.75) is 25.8 Å². The Bertz CT molecular complexity index is 623. The second-order valence-corrected chi connectivity index (χ2v) is 5.43. The zero-order valence-corrected chi connectivity index (χ0v) is 12.5. The fourth-order valence-electron chi connectivity index (χ4n) is 2.62. The molecule has 1 aliphatic rings.